The molecule has 1 aliphatic carbocycles. The van der Waals surface area contributed by atoms with Crippen LogP contribution >= 0.6 is 0 Å². The number of benzene rings is 1. The molecule has 5 nitrogen and oxygen atoms in total. The highest BCUT2D eigenvalue weighted by Crippen LogP contribution is 2.28. The summed E-state index contributed by atoms with van der Waals surface area (Å²) in [6.07, 6.45) is 12.8. The van der Waals surface area contributed by atoms with E-state index in [1.54, 1.807) is 7.11 Å². The molecule has 0 aromatic heterocycles. The van der Waals surface area contributed by atoms with Crippen LogP contribution in [0.25, 0.3) is 0 Å². The van der Waals surface area contributed by atoms with Crippen molar-refractivity contribution in [3.05, 3.63) is 23.8 Å². The van der Waals surface area contributed by atoms with Crippen molar-refractivity contribution in [2.24, 2.45) is 0 Å². The van der Waals surface area contributed by atoms with Crippen LogP contribution in [0.2, 0.25) is 0 Å². The van der Waals surface area contributed by atoms with Gasteiger partial charge < -0.3 is 19.7 Å². The number of nitrogens with one attached hydrogen (secondary N) is 1. The van der Waals surface area contributed by atoms with Gasteiger partial charge in [-0.05, 0) is 49.8 Å². The van der Waals surface area contributed by atoms with Crippen LogP contribution in [0.4, 0.5) is 0 Å². The van der Waals surface area contributed by atoms with Gasteiger partial charge in [0.15, 0.2) is 18.1 Å². The van der Waals surface area contributed by atoms with Crippen molar-refractivity contribution in [2.75, 3.05) is 26.8 Å². The summed E-state index contributed by atoms with van der Waals surface area (Å²) in [5.41, 5.74) is 1.19. The van der Waals surface area contributed by atoms with Crippen molar-refractivity contribution in [3.8, 4) is 11.5 Å². The zero-order valence-corrected chi connectivity index (χ0v) is 17.4. The van der Waals surface area contributed by atoms with E-state index in [4.69, 9.17) is 9.47 Å². The predicted octanol–water partition coefficient (Wildman–Crippen LogP) is 4.29. The van der Waals surface area contributed by atoms with Crippen LogP contribution in [0.3, 0.4) is 0 Å². The van der Waals surface area contributed by atoms with E-state index in [0.29, 0.717) is 17.5 Å². The van der Waals surface area contributed by atoms with Gasteiger partial charge in [0.1, 0.15) is 0 Å². The summed E-state index contributed by atoms with van der Waals surface area (Å²) in [4.78, 5) is 14.2. The minimum Gasteiger partial charge on any atom is -0.493 e. The molecule has 2 fully saturated rings. The van der Waals surface area contributed by atoms with Crippen molar-refractivity contribution < 1.29 is 14.3 Å². The van der Waals surface area contributed by atoms with E-state index < -0.39 is 0 Å². The summed E-state index contributed by atoms with van der Waals surface area (Å²) in [5, 5.41) is 3.71. The minimum absolute atomic E-state index is 0.0665. The fourth-order valence-corrected chi connectivity index (χ4v) is 4.24. The second-order valence-corrected chi connectivity index (χ2v) is 8.14. The first-order valence-corrected chi connectivity index (χ1v) is 11.1. The van der Waals surface area contributed by atoms with Crippen LogP contribution in [-0.2, 0) is 11.3 Å². The topological polar surface area (TPSA) is 50.8 Å². The molecule has 1 N–H and O–H groups in total. The maximum Gasteiger partial charge on any atom is 0.260 e. The van der Waals surface area contributed by atoms with E-state index in [0.717, 1.165) is 32.5 Å². The first-order chi connectivity index (χ1) is 13.8. The Hall–Kier alpha value is -1.75. The third-order valence-electron chi connectivity index (χ3n) is 5.99. The lowest BCUT2D eigenvalue weighted by atomic mass is 9.96. The number of amides is 1. The summed E-state index contributed by atoms with van der Waals surface area (Å²) >= 11 is 0. The highest BCUT2D eigenvalue weighted by molar-refractivity contribution is 5.78. The lowest BCUT2D eigenvalue weighted by Gasteiger charge is -2.26. The molecule has 156 valence electrons. The van der Waals surface area contributed by atoms with Gasteiger partial charge in [-0.25, -0.2) is 0 Å². The third-order valence-corrected chi connectivity index (χ3v) is 5.99. The average molecular weight is 389 g/mol. The molecular weight excluding hydrogens is 352 g/mol. The Morgan fingerprint density at radius 1 is 1.00 bits per heavy atom. The van der Waals surface area contributed by atoms with E-state index in [1.807, 2.05) is 17.0 Å². The molecule has 1 amide bonds. The Kier molecular flexibility index (Phi) is 8.46. The summed E-state index contributed by atoms with van der Waals surface area (Å²) in [6, 6.07) is 6.64. The molecule has 0 radical (unpaired) electrons. The SMILES string of the molecule is COc1cc(CNC2CCCCCCC2)ccc1OCC(=O)N1CCCCC1. The smallest absolute Gasteiger partial charge is 0.260 e. The molecule has 0 spiro atoms. The van der Waals surface area contributed by atoms with Gasteiger partial charge in [-0.3, -0.25) is 4.79 Å². The van der Waals surface area contributed by atoms with E-state index in [2.05, 4.69) is 11.4 Å². The number of likely N-dealkylation sites (tertiary alicyclic amines) is 1. The molecule has 0 bridgehead atoms. The second kappa shape index (κ2) is 11.3. The number of piperidine rings is 1. The molecule has 1 saturated heterocycles. The molecule has 1 heterocycles. The number of hydrogen-bond donors (Lipinski definition) is 1. The van der Waals surface area contributed by atoms with Gasteiger partial charge in [0.25, 0.3) is 5.91 Å². The number of carbonyl (C=O) groups is 1. The maximum absolute atomic E-state index is 12.3. The van der Waals surface area contributed by atoms with Gasteiger partial charge in [-0.2, -0.15) is 0 Å². The van der Waals surface area contributed by atoms with E-state index in [-0.39, 0.29) is 12.5 Å². The van der Waals surface area contributed by atoms with Crippen LogP contribution in [0.15, 0.2) is 18.2 Å². The molecular formula is C23H36N2O3. The molecule has 28 heavy (non-hydrogen) atoms. The molecule has 2 aliphatic rings. The average Bonchev–Trinajstić information content (AvgIpc) is 2.72. The summed E-state index contributed by atoms with van der Waals surface area (Å²) in [5.74, 6) is 1.41. The highest BCUT2D eigenvalue weighted by Gasteiger charge is 2.18. The molecule has 1 aromatic carbocycles. The number of hydrogen-bond acceptors (Lipinski definition) is 4. The Balaban J connectivity index is 1.50. The quantitative estimate of drug-likeness (QED) is 0.757. The van der Waals surface area contributed by atoms with Crippen molar-refractivity contribution in [3.63, 3.8) is 0 Å². The summed E-state index contributed by atoms with van der Waals surface area (Å²) < 4.78 is 11.3. The van der Waals surface area contributed by atoms with E-state index in [1.165, 1.54) is 56.9 Å². The van der Waals surface area contributed by atoms with Gasteiger partial charge in [0, 0.05) is 25.7 Å². The van der Waals surface area contributed by atoms with Gasteiger partial charge >= 0.3 is 0 Å². The second-order valence-electron chi connectivity index (χ2n) is 8.14. The first kappa shape index (κ1) is 21.0. The number of methoxy groups -OCH3 is 1. The molecule has 1 aliphatic heterocycles. The zero-order valence-electron chi connectivity index (χ0n) is 17.4. The number of ether oxygens (including phenoxy) is 2. The van der Waals surface area contributed by atoms with Crippen molar-refractivity contribution in [2.45, 2.75) is 76.8 Å². The lowest BCUT2D eigenvalue weighted by molar-refractivity contribution is -0.134. The Morgan fingerprint density at radius 2 is 1.68 bits per heavy atom. The van der Waals surface area contributed by atoms with Crippen molar-refractivity contribution in [1.82, 2.24) is 10.2 Å². The van der Waals surface area contributed by atoms with Crippen LogP contribution in [-0.4, -0.2) is 43.7 Å². The number of rotatable bonds is 7. The van der Waals surface area contributed by atoms with E-state index >= 15 is 0 Å². The molecule has 1 saturated carbocycles. The van der Waals surface area contributed by atoms with Crippen molar-refractivity contribution in [1.29, 1.82) is 0 Å². The molecule has 3 rings (SSSR count). The zero-order chi connectivity index (χ0) is 19.6. The largest absolute Gasteiger partial charge is 0.493 e. The molecule has 0 atom stereocenters. The highest BCUT2D eigenvalue weighted by atomic mass is 16.5. The van der Waals surface area contributed by atoms with Gasteiger partial charge in [0.05, 0.1) is 7.11 Å². The van der Waals surface area contributed by atoms with Crippen LogP contribution < -0.4 is 14.8 Å². The van der Waals surface area contributed by atoms with Crippen LogP contribution in [0.1, 0.15) is 69.8 Å². The minimum atomic E-state index is 0.0665. The fraction of sp³-hybridized carbons (Fsp3) is 0.696. The fourth-order valence-electron chi connectivity index (χ4n) is 4.24. The standard InChI is InChI=1S/C23H36N2O3/c1-27-22-16-19(17-24-20-10-6-3-2-4-7-11-20)12-13-21(22)28-18-23(26)25-14-8-5-9-15-25/h12-13,16,20,24H,2-11,14-15,17-18H2,1H3. The lowest BCUT2D eigenvalue weighted by Crippen LogP contribution is -2.38. The molecule has 0 unspecified atom stereocenters. The first-order valence-electron chi connectivity index (χ1n) is 11.1. The number of carbonyl (C=O) groups excluding carboxylic acids is 1. The van der Waals surface area contributed by atoms with Gasteiger partial charge in [0.2, 0.25) is 0 Å². The molecule has 1 aromatic rings. The molecule has 5 heteroatoms. The number of nitrogens with zero attached hydrogens (tertiary/aromatic N) is 1. The van der Waals surface area contributed by atoms with Crippen LogP contribution in [0, 0.1) is 0 Å². The maximum atomic E-state index is 12.3. The van der Waals surface area contributed by atoms with Gasteiger partial charge in [-0.1, -0.05) is 38.2 Å². The summed E-state index contributed by atoms with van der Waals surface area (Å²) in [6.45, 7) is 2.63. The predicted molar refractivity (Wildman–Crippen MR) is 112 cm³/mol. The monoisotopic (exact) mass is 388 g/mol. The van der Waals surface area contributed by atoms with E-state index in [9.17, 15) is 4.79 Å². The Labute approximate surface area is 169 Å². The third kappa shape index (κ3) is 6.40. The Morgan fingerprint density at radius 3 is 2.39 bits per heavy atom. The normalized spacial score (nSPS) is 19.0. The summed E-state index contributed by atoms with van der Waals surface area (Å²) in [7, 11) is 1.65. The van der Waals surface area contributed by atoms with Gasteiger partial charge in [-0.15, -0.1) is 0 Å². The Bertz CT molecular complexity index is 606. The van der Waals surface area contributed by atoms with Crippen LogP contribution in [0.5, 0.6) is 11.5 Å². The van der Waals surface area contributed by atoms with Crippen molar-refractivity contribution >= 4 is 5.91 Å².